The fraction of sp³-hybridized carbons (Fsp3) is 0.662. The van der Waals surface area contributed by atoms with Crippen molar-refractivity contribution in [3.05, 3.63) is 104 Å². The molecule has 3 aliphatic heterocycles. The minimum atomic E-state index is -1.15. The standard InChI is InChI=1S/C37H56N4O6S.C36H54N4O6S.C4H8O/c1-8-18-41(36(45)27(25(5)9-2)21-32(42)30-17-13-14-19-40(30)6)31(24(3)4)22-33(43)35-39-29(23-48-35)34(44)38-28(37(46)47-7)20-26-15-11-10-12-16-26;1-7-17-40(35(44)26(24(5)8-2)20-31(41)29-16-12-13-18-39(29)6)30(23(3)4)21-32(42)34-38-28(22-47-34)33(43)37-27(36(45)46)19-25-14-10-9-11-15-25;1-2-4-5-3-1/h10-12,15-16,23-25,27-28,30-31,33,43H,8-9,13-14,17-22H2,1-7H3,(H,38,44);9-11,14-15,22-24,26-27,29-30,32,42H,7-8,12-13,16-21H2,1-6H3,(H,37,43)(H,45,46);1-4H2/t25?,27-,28-,30?,31+,33+;24?,26-,27-,29?,30+,32+;/m00./s1. The highest BCUT2D eigenvalue weighted by Crippen LogP contribution is 2.35. The number of carbonyl (C=O) groups is 8. The van der Waals surface area contributed by atoms with E-state index in [0.717, 1.165) is 113 Å². The zero-order chi connectivity index (χ0) is 73.6. The Hall–Kier alpha value is -6.34. The number of ether oxygens (including phenoxy) is 2. The number of ketones is 2. The number of rotatable bonds is 36. The normalized spacial score (nSPS) is 18.8. The van der Waals surface area contributed by atoms with E-state index in [9.17, 15) is 53.7 Å². The molecule has 0 radical (unpaired) electrons. The number of aliphatic hydroxyl groups excluding tert-OH is 2. The van der Waals surface area contributed by atoms with Crippen LogP contribution in [0, 0.1) is 35.5 Å². The predicted octanol–water partition coefficient (Wildman–Crippen LogP) is 11.6. The Balaban J connectivity index is 0.000000336. The third kappa shape index (κ3) is 25.9. The number of benzene rings is 2. The number of Topliss-reactive ketones (excluding diaryl/α,β-unsaturated/α-hetero) is 2. The highest BCUT2D eigenvalue weighted by molar-refractivity contribution is 7.10. The summed E-state index contributed by atoms with van der Waals surface area (Å²) in [6.45, 7) is 25.2. The molecule has 2 aromatic carbocycles. The molecule has 4 aromatic rings. The average Bonchev–Trinajstić information content (AvgIpc) is 1.11. The van der Waals surface area contributed by atoms with Crippen molar-refractivity contribution in [2.45, 2.75) is 233 Å². The molecule has 3 saturated heterocycles. The number of carbonyl (C=O) groups excluding carboxylic acids is 7. The second-order valence-corrected chi connectivity index (χ2v) is 30.0. The van der Waals surface area contributed by atoms with Crippen LogP contribution in [0.3, 0.4) is 0 Å². The number of carboxylic acid groups (broad SMARTS) is 1. The van der Waals surface area contributed by atoms with E-state index >= 15 is 0 Å². The summed E-state index contributed by atoms with van der Waals surface area (Å²) in [7, 11) is 5.27. The Morgan fingerprint density at radius 1 is 0.590 bits per heavy atom. The number of aliphatic carboxylic acids is 1. The van der Waals surface area contributed by atoms with Crippen molar-refractivity contribution < 1.29 is 63.1 Å². The van der Waals surface area contributed by atoms with E-state index in [-0.39, 0.29) is 121 Å². The van der Waals surface area contributed by atoms with Gasteiger partial charge in [0.15, 0.2) is 11.6 Å². The summed E-state index contributed by atoms with van der Waals surface area (Å²) in [4.78, 5) is 123. The lowest BCUT2D eigenvalue weighted by molar-refractivity contribution is -0.145. The number of esters is 1. The van der Waals surface area contributed by atoms with Crippen LogP contribution >= 0.6 is 22.7 Å². The fourth-order valence-electron chi connectivity index (χ4n) is 13.6. The molecule has 4 amide bonds. The molecule has 23 heteroatoms. The van der Waals surface area contributed by atoms with E-state index in [1.165, 1.54) is 36.7 Å². The maximum atomic E-state index is 14.4. The lowest BCUT2D eigenvalue weighted by atomic mass is 9.82. The fourth-order valence-corrected chi connectivity index (χ4v) is 15.2. The van der Waals surface area contributed by atoms with Gasteiger partial charge in [-0.25, -0.2) is 19.6 Å². The number of likely N-dealkylation sites (tertiary alicyclic amines) is 2. The Kier molecular flexibility index (Phi) is 36.7. The van der Waals surface area contributed by atoms with Gasteiger partial charge in [0, 0.05) is 99.5 Å². The van der Waals surface area contributed by atoms with Crippen LogP contribution in [0.5, 0.6) is 0 Å². The zero-order valence-corrected chi connectivity index (χ0v) is 63.5. The summed E-state index contributed by atoms with van der Waals surface area (Å²) < 4.78 is 9.87. The average molecular weight is 1430 g/mol. The van der Waals surface area contributed by atoms with Crippen LogP contribution in [-0.4, -0.2) is 189 Å². The summed E-state index contributed by atoms with van der Waals surface area (Å²) in [6.07, 6.45) is 10.7. The first-order valence-electron chi connectivity index (χ1n) is 36.7. The highest BCUT2D eigenvalue weighted by Gasteiger charge is 2.41. The summed E-state index contributed by atoms with van der Waals surface area (Å²) in [6, 6.07) is 15.4. The molecule has 3 fully saturated rings. The van der Waals surface area contributed by atoms with E-state index < -0.39 is 59.9 Å². The highest BCUT2D eigenvalue weighted by atomic mass is 32.1. The molecule has 556 valence electrons. The molecule has 100 heavy (non-hydrogen) atoms. The van der Waals surface area contributed by atoms with E-state index in [4.69, 9.17) is 9.47 Å². The van der Waals surface area contributed by atoms with Crippen molar-refractivity contribution >= 4 is 69.8 Å². The minimum absolute atomic E-state index is 0.00922. The summed E-state index contributed by atoms with van der Waals surface area (Å²) in [5.74, 6) is -3.48. The van der Waals surface area contributed by atoms with Gasteiger partial charge in [0.2, 0.25) is 11.8 Å². The van der Waals surface area contributed by atoms with Crippen LogP contribution in [0.1, 0.15) is 226 Å². The molecule has 5 N–H and O–H groups in total. The summed E-state index contributed by atoms with van der Waals surface area (Å²) in [5.41, 5.74) is 1.78. The lowest BCUT2D eigenvalue weighted by Crippen LogP contribution is -2.50. The number of aromatic nitrogens is 2. The maximum absolute atomic E-state index is 14.4. The third-order valence-corrected chi connectivity index (χ3v) is 21.9. The van der Waals surface area contributed by atoms with E-state index in [2.05, 4.69) is 44.2 Å². The summed E-state index contributed by atoms with van der Waals surface area (Å²) >= 11 is 2.30. The first-order chi connectivity index (χ1) is 47.8. The number of amides is 4. The lowest BCUT2D eigenvalue weighted by Gasteiger charge is -2.39. The second-order valence-electron chi connectivity index (χ2n) is 28.3. The van der Waals surface area contributed by atoms with Crippen LogP contribution in [-0.2, 0) is 51.1 Å². The number of nitrogens with zero attached hydrogens (tertiary/aromatic N) is 6. The molecule has 4 unspecified atom stereocenters. The quantitative estimate of drug-likeness (QED) is 0.0265. The number of hydrogen-bond acceptors (Lipinski definition) is 18. The van der Waals surface area contributed by atoms with Gasteiger partial charge in [0.25, 0.3) is 11.8 Å². The first-order valence-corrected chi connectivity index (χ1v) is 38.5. The van der Waals surface area contributed by atoms with Gasteiger partial charge in [-0.3, -0.25) is 38.6 Å². The van der Waals surface area contributed by atoms with Gasteiger partial charge in [-0.2, -0.15) is 0 Å². The van der Waals surface area contributed by atoms with Crippen LogP contribution in [0.2, 0.25) is 0 Å². The number of likely N-dealkylation sites (N-methyl/N-ethyl adjacent to an activating group) is 2. The van der Waals surface area contributed by atoms with Crippen LogP contribution in [0.15, 0.2) is 71.4 Å². The number of carboxylic acids is 1. The number of hydrogen-bond donors (Lipinski definition) is 5. The number of nitrogens with one attached hydrogen (secondary N) is 2. The zero-order valence-electron chi connectivity index (χ0n) is 61.9. The minimum Gasteiger partial charge on any atom is -0.480 e. The van der Waals surface area contributed by atoms with Gasteiger partial charge in [0.05, 0.1) is 19.2 Å². The Morgan fingerprint density at radius 2 is 0.980 bits per heavy atom. The molecule has 7 rings (SSSR count). The predicted molar refractivity (Wildman–Crippen MR) is 393 cm³/mol. The van der Waals surface area contributed by atoms with E-state index in [1.54, 1.807) is 17.5 Å². The molecule has 0 bridgehead atoms. The molecule has 5 heterocycles. The molecular weight excluding hydrogens is 1310 g/mol. The van der Waals surface area contributed by atoms with Gasteiger partial charge < -0.3 is 45.2 Å². The van der Waals surface area contributed by atoms with Crippen molar-refractivity contribution in [3.63, 3.8) is 0 Å². The third-order valence-electron chi connectivity index (χ3n) is 20.1. The number of thiazole rings is 2. The smallest absolute Gasteiger partial charge is 0.328 e. The molecule has 2 aromatic heterocycles. The van der Waals surface area contributed by atoms with Gasteiger partial charge in [-0.1, -0.05) is 156 Å². The molecule has 21 nitrogen and oxygen atoms in total. The molecule has 3 aliphatic rings. The maximum Gasteiger partial charge on any atom is 0.328 e. The molecule has 0 spiro atoms. The van der Waals surface area contributed by atoms with Gasteiger partial charge >= 0.3 is 11.9 Å². The number of piperidine rings is 2. The van der Waals surface area contributed by atoms with Crippen molar-refractivity contribution in [1.29, 1.82) is 0 Å². The van der Waals surface area contributed by atoms with Crippen LogP contribution < -0.4 is 10.6 Å². The van der Waals surface area contributed by atoms with Crippen molar-refractivity contribution in [2.24, 2.45) is 35.5 Å². The van der Waals surface area contributed by atoms with E-state index in [0.29, 0.717) is 23.1 Å². The van der Waals surface area contributed by atoms with Gasteiger partial charge in [-0.05, 0) is 113 Å². The molecule has 0 aliphatic carbocycles. The van der Waals surface area contributed by atoms with Crippen molar-refractivity contribution in [3.8, 4) is 0 Å². The van der Waals surface area contributed by atoms with E-state index in [1.807, 2.05) is 128 Å². The number of aliphatic hydroxyl groups is 2. The Labute approximate surface area is 603 Å². The largest absolute Gasteiger partial charge is 0.480 e. The van der Waals surface area contributed by atoms with Crippen LogP contribution in [0.4, 0.5) is 0 Å². The topological polar surface area (TPSA) is 279 Å². The monoisotopic (exact) mass is 1430 g/mol. The van der Waals surface area contributed by atoms with Gasteiger partial charge in [0.1, 0.15) is 45.7 Å². The van der Waals surface area contributed by atoms with Crippen molar-refractivity contribution in [1.82, 2.24) is 40.2 Å². The van der Waals surface area contributed by atoms with Gasteiger partial charge in [-0.15, -0.1) is 22.7 Å². The number of methoxy groups -OCH3 is 1. The summed E-state index contributed by atoms with van der Waals surface area (Å²) in [5, 5.41) is 41.5. The SMILES string of the molecule is C1CCOC1.CCCN(C(=O)[C@@H](CC(=O)C1CCCCN1C)C(C)CC)[C@H](C[C@@H](O)c1nc(C(=O)N[C@@H](Cc2ccccc2)C(=O)O)cs1)C(C)C.CCCN(C(=O)[C@@H](CC(=O)C1CCCCN1C)C(C)CC)[C@H](C[C@@H](O)c1nc(C(=O)N[C@@H](Cc2ccccc2)C(=O)OC)cs1)C(C)C. The van der Waals surface area contributed by atoms with Crippen molar-refractivity contribution in [2.75, 3.05) is 60.6 Å². The second kappa shape index (κ2) is 43.6. The Bertz CT molecular complexity index is 3140. The molecular formula is C77H118N8O13S2. The first kappa shape index (κ1) is 84.3. The Morgan fingerprint density at radius 3 is 1.31 bits per heavy atom. The molecule has 12 atom stereocenters. The molecule has 0 saturated carbocycles. The van der Waals surface area contributed by atoms with Crippen LogP contribution in [0.25, 0.3) is 0 Å².